The Bertz CT molecular complexity index is 1330. The van der Waals surface area contributed by atoms with Gasteiger partial charge < -0.3 is 24.6 Å². The van der Waals surface area contributed by atoms with Gasteiger partial charge in [0.2, 0.25) is 5.91 Å². The van der Waals surface area contributed by atoms with Crippen molar-refractivity contribution in [2.24, 2.45) is 0 Å². The number of aromatic nitrogens is 2. The van der Waals surface area contributed by atoms with Gasteiger partial charge in [-0.2, -0.15) is 5.26 Å². The van der Waals surface area contributed by atoms with E-state index in [0.717, 1.165) is 13.1 Å². The van der Waals surface area contributed by atoms with Crippen LogP contribution >= 0.6 is 0 Å². The van der Waals surface area contributed by atoms with E-state index in [-0.39, 0.29) is 30.1 Å². The van der Waals surface area contributed by atoms with Gasteiger partial charge in [0.15, 0.2) is 6.29 Å². The molecule has 2 aromatic heterocycles. The van der Waals surface area contributed by atoms with E-state index in [1.807, 2.05) is 11.9 Å². The number of pyridine rings is 2. The average Bonchev–Trinajstić information content (AvgIpc) is 2.95. The molecule has 0 spiro atoms. The van der Waals surface area contributed by atoms with Crippen LogP contribution in [0.1, 0.15) is 34.5 Å². The molecule has 2 fully saturated rings. The van der Waals surface area contributed by atoms with Crippen LogP contribution in [0.2, 0.25) is 0 Å². The fourth-order valence-corrected chi connectivity index (χ4v) is 5.37. The standard InChI is InChI=1S/C27H32N8O5/c1-33-6-8-34(9-7-33)24(37)17-40-27-12-20(13-27)35(25-21(27)4-3-19(16-36)31-25)26(38)32-23-11-22(29-5-10-39-2)18(14-28)15-30-23/h3-4,11,15-16,20H,5-10,12-13,17H2,1-2H3,(H2,29,30,32,38). The molecular formula is C27H32N8O5. The van der Waals surface area contributed by atoms with Gasteiger partial charge in [0, 0.05) is 76.5 Å². The van der Waals surface area contributed by atoms with Crippen molar-refractivity contribution >= 4 is 35.5 Å². The van der Waals surface area contributed by atoms with Crippen molar-refractivity contribution in [2.75, 3.05) is 75.6 Å². The number of hydrogen-bond acceptors (Lipinski definition) is 10. The number of hydrogen-bond donors (Lipinski definition) is 2. The number of urea groups is 1. The Balaban J connectivity index is 1.33. The summed E-state index contributed by atoms with van der Waals surface area (Å²) in [6.45, 7) is 3.82. The van der Waals surface area contributed by atoms with Crippen molar-refractivity contribution in [2.45, 2.75) is 24.5 Å². The summed E-state index contributed by atoms with van der Waals surface area (Å²) in [5.41, 5.74) is 0.950. The van der Waals surface area contributed by atoms with E-state index in [2.05, 4.69) is 31.6 Å². The predicted octanol–water partition coefficient (Wildman–Crippen LogP) is 1.42. The first-order valence-electron chi connectivity index (χ1n) is 13.2. The Morgan fingerprint density at radius 3 is 2.73 bits per heavy atom. The van der Waals surface area contributed by atoms with Crippen molar-refractivity contribution < 1.29 is 23.9 Å². The Morgan fingerprint density at radius 2 is 2.02 bits per heavy atom. The highest BCUT2D eigenvalue weighted by Crippen LogP contribution is 2.55. The molecule has 0 unspecified atom stereocenters. The fourth-order valence-electron chi connectivity index (χ4n) is 5.37. The number of piperazine rings is 1. The quantitative estimate of drug-likeness (QED) is 0.347. The van der Waals surface area contributed by atoms with Crippen LogP contribution in [0.15, 0.2) is 24.4 Å². The van der Waals surface area contributed by atoms with Crippen LogP contribution < -0.4 is 15.5 Å². The molecule has 13 nitrogen and oxygen atoms in total. The SMILES string of the molecule is COCCNc1cc(NC(=O)N2c3nc(C=O)ccc3C3(OCC(=O)N4CCN(C)CC4)CC2C3)ncc1C#N. The average molecular weight is 549 g/mol. The zero-order valence-electron chi connectivity index (χ0n) is 22.6. The third-order valence-electron chi connectivity index (χ3n) is 7.66. The van der Waals surface area contributed by atoms with Gasteiger partial charge in [-0.25, -0.2) is 14.8 Å². The minimum absolute atomic E-state index is 0.0630. The molecule has 2 N–H and O–H groups in total. The van der Waals surface area contributed by atoms with Gasteiger partial charge in [0.05, 0.1) is 17.9 Å². The second kappa shape index (κ2) is 11.5. The Kier molecular flexibility index (Phi) is 7.92. The lowest BCUT2D eigenvalue weighted by atomic mass is 9.67. The molecule has 3 amide bonds. The van der Waals surface area contributed by atoms with Gasteiger partial charge in [-0.1, -0.05) is 6.07 Å². The summed E-state index contributed by atoms with van der Waals surface area (Å²) >= 11 is 0. The zero-order valence-corrected chi connectivity index (χ0v) is 22.6. The van der Waals surface area contributed by atoms with Crippen LogP contribution in [0.5, 0.6) is 0 Å². The number of anilines is 3. The summed E-state index contributed by atoms with van der Waals surface area (Å²) in [5.74, 6) is 0.512. The first kappa shape index (κ1) is 27.4. The summed E-state index contributed by atoms with van der Waals surface area (Å²) in [7, 11) is 3.61. The Labute approximate surface area is 232 Å². The number of rotatable bonds is 9. The molecule has 210 valence electrons. The molecule has 2 aromatic rings. The molecule has 5 heterocycles. The lowest BCUT2D eigenvalue weighted by Crippen LogP contribution is -2.63. The van der Waals surface area contributed by atoms with Gasteiger partial charge in [-0.15, -0.1) is 0 Å². The number of amides is 3. The largest absolute Gasteiger partial charge is 0.383 e. The number of methoxy groups -OCH3 is 1. The first-order valence-corrected chi connectivity index (χ1v) is 13.2. The summed E-state index contributed by atoms with van der Waals surface area (Å²) in [5, 5.41) is 15.3. The molecule has 2 bridgehead atoms. The van der Waals surface area contributed by atoms with E-state index in [4.69, 9.17) is 9.47 Å². The number of ether oxygens (including phenoxy) is 2. The molecule has 1 saturated carbocycles. The molecule has 1 saturated heterocycles. The van der Waals surface area contributed by atoms with Crippen molar-refractivity contribution in [3.05, 3.63) is 41.2 Å². The predicted molar refractivity (Wildman–Crippen MR) is 145 cm³/mol. The number of likely N-dealkylation sites (N-methyl/N-ethyl adjacent to an activating group) is 1. The van der Waals surface area contributed by atoms with Crippen LogP contribution in [0.3, 0.4) is 0 Å². The maximum atomic E-state index is 13.5. The minimum Gasteiger partial charge on any atom is -0.383 e. The molecule has 0 radical (unpaired) electrons. The number of aldehydes is 1. The molecule has 40 heavy (non-hydrogen) atoms. The maximum absolute atomic E-state index is 13.5. The van der Waals surface area contributed by atoms with Crippen LogP contribution in [0.25, 0.3) is 0 Å². The van der Waals surface area contributed by atoms with Crippen molar-refractivity contribution in [3.8, 4) is 6.07 Å². The normalized spacial score (nSPS) is 21.6. The van der Waals surface area contributed by atoms with Crippen molar-refractivity contribution in [1.82, 2.24) is 19.8 Å². The summed E-state index contributed by atoms with van der Waals surface area (Å²) in [4.78, 5) is 52.1. The highest BCUT2D eigenvalue weighted by molar-refractivity contribution is 6.03. The smallest absolute Gasteiger partial charge is 0.328 e. The molecule has 4 aliphatic rings. The maximum Gasteiger partial charge on any atom is 0.328 e. The number of carbonyl (C=O) groups excluding carboxylic acids is 3. The van der Waals surface area contributed by atoms with Gasteiger partial charge >= 0.3 is 6.03 Å². The lowest BCUT2D eigenvalue weighted by molar-refractivity contribution is -0.159. The highest BCUT2D eigenvalue weighted by Gasteiger charge is 2.57. The number of nitriles is 1. The molecule has 13 heteroatoms. The van der Waals surface area contributed by atoms with Crippen LogP contribution in [0.4, 0.5) is 22.1 Å². The summed E-state index contributed by atoms with van der Waals surface area (Å²) < 4.78 is 11.3. The van der Waals surface area contributed by atoms with Crippen LogP contribution in [-0.4, -0.2) is 104 Å². The molecular weight excluding hydrogens is 516 g/mol. The van der Waals surface area contributed by atoms with E-state index < -0.39 is 11.6 Å². The van der Waals surface area contributed by atoms with Gasteiger partial charge in [-0.3, -0.25) is 19.8 Å². The second-order valence-corrected chi connectivity index (χ2v) is 10.2. The van der Waals surface area contributed by atoms with E-state index >= 15 is 0 Å². The number of nitrogens with one attached hydrogen (secondary N) is 2. The third kappa shape index (κ3) is 5.33. The van der Waals surface area contributed by atoms with E-state index in [1.54, 1.807) is 25.3 Å². The number of nitrogens with zero attached hydrogens (tertiary/aromatic N) is 6. The van der Waals surface area contributed by atoms with Crippen LogP contribution in [0, 0.1) is 11.3 Å². The molecule has 3 aliphatic heterocycles. The van der Waals surface area contributed by atoms with E-state index in [9.17, 15) is 19.6 Å². The molecule has 0 atom stereocenters. The van der Waals surface area contributed by atoms with E-state index in [0.29, 0.717) is 68.0 Å². The summed E-state index contributed by atoms with van der Waals surface area (Å²) in [6, 6.07) is 6.30. The Morgan fingerprint density at radius 1 is 1.25 bits per heavy atom. The highest BCUT2D eigenvalue weighted by atomic mass is 16.5. The fraction of sp³-hybridized carbons (Fsp3) is 0.481. The molecule has 6 rings (SSSR count). The lowest BCUT2D eigenvalue weighted by Gasteiger charge is -2.56. The first-order chi connectivity index (χ1) is 19.4. The second-order valence-electron chi connectivity index (χ2n) is 10.2. The topological polar surface area (TPSA) is 153 Å². The summed E-state index contributed by atoms with van der Waals surface area (Å²) in [6.07, 6.45) is 3.00. The molecule has 1 aliphatic carbocycles. The third-order valence-corrected chi connectivity index (χ3v) is 7.66. The van der Waals surface area contributed by atoms with Crippen molar-refractivity contribution in [3.63, 3.8) is 0 Å². The van der Waals surface area contributed by atoms with Gasteiger partial charge in [0.1, 0.15) is 35.6 Å². The van der Waals surface area contributed by atoms with Crippen molar-refractivity contribution in [1.29, 1.82) is 5.26 Å². The van der Waals surface area contributed by atoms with Gasteiger partial charge in [0.25, 0.3) is 0 Å². The Hall–Kier alpha value is -4.12. The molecule has 0 aromatic carbocycles. The van der Waals surface area contributed by atoms with Crippen LogP contribution in [-0.2, 0) is 19.9 Å². The number of carbonyl (C=O) groups is 3. The zero-order chi connectivity index (χ0) is 28.3. The van der Waals surface area contributed by atoms with Gasteiger partial charge in [-0.05, 0) is 13.1 Å². The monoisotopic (exact) mass is 548 g/mol. The van der Waals surface area contributed by atoms with E-state index in [1.165, 1.54) is 11.1 Å². The minimum atomic E-state index is -0.751.